The van der Waals surface area contributed by atoms with Crippen LogP contribution in [0, 0.1) is 5.92 Å². The molecule has 2 atom stereocenters. The molecule has 3 nitrogen and oxygen atoms in total. The Morgan fingerprint density at radius 2 is 2.42 bits per heavy atom. The van der Waals surface area contributed by atoms with Gasteiger partial charge in [-0.05, 0) is 33.2 Å². The number of nitrogens with one attached hydrogen (secondary N) is 1. The third-order valence-corrected chi connectivity index (χ3v) is 2.24. The first-order valence-corrected chi connectivity index (χ1v) is 4.64. The molecular formula is C9H17NO2. The van der Waals surface area contributed by atoms with Gasteiger partial charge in [-0.15, -0.1) is 0 Å². The van der Waals surface area contributed by atoms with Crippen LogP contribution in [0.1, 0.15) is 26.7 Å². The minimum absolute atomic E-state index is 0.0224. The van der Waals surface area contributed by atoms with Gasteiger partial charge in [0.1, 0.15) is 0 Å². The second-order valence-corrected chi connectivity index (χ2v) is 3.33. The molecule has 1 fully saturated rings. The molecule has 0 bridgehead atoms. The number of carbonyl (C=O) groups is 1. The van der Waals surface area contributed by atoms with E-state index in [1.165, 1.54) is 0 Å². The lowest BCUT2D eigenvalue weighted by Crippen LogP contribution is -2.39. The largest absolute Gasteiger partial charge is 0.466 e. The van der Waals surface area contributed by atoms with Crippen LogP contribution >= 0.6 is 0 Å². The summed E-state index contributed by atoms with van der Waals surface area (Å²) in [6, 6.07) is 0.452. The third-order valence-electron chi connectivity index (χ3n) is 2.24. The van der Waals surface area contributed by atoms with Crippen LogP contribution in [0.4, 0.5) is 0 Å². The Morgan fingerprint density at radius 1 is 1.67 bits per heavy atom. The van der Waals surface area contributed by atoms with Gasteiger partial charge in [-0.2, -0.15) is 0 Å². The van der Waals surface area contributed by atoms with E-state index in [2.05, 4.69) is 12.2 Å². The Morgan fingerprint density at radius 3 is 3.00 bits per heavy atom. The molecule has 0 aliphatic carbocycles. The van der Waals surface area contributed by atoms with Crippen molar-refractivity contribution in [2.24, 2.45) is 5.92 Å². The van der Waals surface area contributed by atoms with Gasteiger partial charge in [0.15, 0.2) is 0 Å². The summed E-state index contributed by atoms with van der Waals surface area (Å²) >= 11 is 0. The molecule has 0 spiro atoms. The van der Waals surface area contributed by atoms with Crippen molar-refractivity contribution in [3.05, 3.63) is 0 Å². The van der Waals surface area contributed by atoms with Crippen molar-refractivity contribution in [1.29, 1.82) is 0 Å². The zero-order valence-corrected chi connectivity index (χ0v) is 7.80. The van der Waals surface area contributed by atoms with Crippen LogP contribution in [0.15, 0.2) is 0 Å². The van der Waals surface area contributed by atoms with E-state index in [1.807, 2.05) is 6.92 Å². The fraction of sp³-hybridized carbons (Fsp3) is 0.889. The zero-order chi connectivity index (χ0) is 8.97. The van der Waals surface area contributed by atoms with Crippen LogP contribution in [0.25, 0.3) is 0 Å². The Balaban J connectivity index is 2.35. The standard InChI is InChI=1S/C9H17NO2/c1-3-12-9(11)8-4-5-10-7(2)6-8/h7-8,10H,3-6H2,1-2H3. The molecule has 1 saturated heterocycles. The van der Waals surface area contributed by atoms with E-state index in [0.717, 1.165) is 19.4 Å². The monoisotopic (exact) mass is 171 g/mol. The van der Waals surface area contributed by atoms with E-state index < -0.39 is 0 Å². The van der Waals surface area contributed by atoms with E-state index in [1.54, 1.807) is 0 Å². The van der Waals surface area contributed by atoms with Crippen molar-refractivity contribution >= 4 is 5.97 Å². The lowest BCUT2D eigenvalue weighted by molar-refractivity contribution is -0.149. The summed E-state index contributed by atoms with van der Waals surface area (Å²) in [5.74, 6) is 0.104. The smallest absolute Gasteiger partial charge is 0.309 e. The van der Waals surface area contributed by atoms with Crippen LogP contribution < -0.4 is 5.32 Å². The molecule has 3 heteroatoms. The van der Waals surface area contributed by atoms with Gasteiger partial charge in [0.25, 0.3) is 0 Å². The summed E-state index contributed by atoms with van der Waals surface area (Å²) < 4.78 is 4.96. The van der Waals surface area contributed by atoms with E-state index in [4.69, 9.17) is 4.74 Å². The summed E-state index contributed by atoms with van der Waals surface area (Å²) in [5.41, 5.74) is 0. The molecule has 1 aliphatic rings. The fourth-order valence-electron chi connectivity index (χ4n) is 1.61. The molecule has 0 aromatic rings. The Bertz CT molecular complexity index is 159. The van der Waals surface area contributed by atoms with Crippen molar-refractivity contribution in [3.63, 3.8) is 0 Å². The van der Waals surface area contributed by atoms with Gasteiger partial charge in [-0.3, -0.25) is 4.79 Å². The SMILES string of the molecule is CCOC(=O)C1CCNC(C)C1. The molecule has 2 unspecified atom stereocenters. The molecule has 0 radical (unpaired) electrons. The van der Waals surface area contributed by atoms with Crippen molar-refractivity contribution < 1.29 is 9.53 Å². The van der Waals surface area contributed by atoms with Crippen LogP contribution in [-0.2, 0) is 9.53 Å². The highest BCUT2D eigenvalue weighted by Gasteiger charge is 2.25. The number of hydrogen-bond donors (Lipinski definition) is 1. The second kappa shape index (κ2) is 4.45. The third kappa shape index (κ3) is 2.48. The summed E-state index contributed by atoms with van der Waals surface area (Å²) in [4.78, 5) is 11.3. The number of piperidine rings is 1. The molecule has 1 heterocycles. The maximum absolute atomic E-state index is 11.3. The number of esters is 1. The van der Waals surface area contributed by atoms with E-state index in [-0.39, 0.29) is 11.9 Å². The first kappa shape index (κ1) is 9.52. The lowest BCUT2D eigenvalue weighted by Gasteiger charge is -2.26. The lowest BCUT2D eigenvalue weighted by atomic mass is 9.93. The van der Waals surface area contributed by atoms with Gasteiger partial charge in [0, 0.05) is 6.04 Å². The minimum Gasteiger partial charge on any atom is -0.466 e. The predicted octanol–water partition coefficient (Wildman–Crippen LogP) is 0.938. The first-order chi connectivity index (χ1) is 5.74. The van der Waals surface area contributed by atoms with Gasteiger partial charge in [-0.25, -0.2) is 0 Å². The number of hydrogen-bond acceptors (Lipinski definition) is 3. The molecule has 1 N–H and O–H groups in total. The normalized spacial score (nSPS) is 29.8. The zero-order valence-electron chi connectivity index (χ0n) is 7.80. The summed E-state index contributed by atoms with van der Waals surface area (Å²) in [5, 5.41) is 3.30. The van der Waals surface area contributed by atoms with E-state index >= 15 is 0 Å². The highest BCUT2D eigenvalue weighted by molar-refractivity contribution is 5.72. The number of carbonyl (C=O) groups excluding carboxylic acids is 1. The van der Waals surface area contributed by atoms with Gasteiger partial charge >= 0.3 is 5.97 Å². The van der Waals surface area contributed by atoms with Gasteiger partial charge < -0.3 is 10.1 Å². The van der Waals surface area contributed by atoms with Gasteiger partial charge in [0.05, 0.1) is 12.5 Å². The highest BCUT2D eigenvalue weighted by atomic mass is 16.5. The maximum atomic E-state index is 11.3. The molecule has 12 heavy (non-hydrogen) atoms. The quantitative estimate of drug-likeness (QED) is 0.628. The molecule has 70 valence electrons. The molecule has 1 aliphatic heterocycles. The summed E-state index contributed by atoms with van der Waals surface area (Å²) in [7, 11) is 0. The Kier molecular flexibility index (Phi) is 3.53. The van der Waals surface area contributed by atoms with E-state index in [9.17, 15) is 4.79 Å². The molecule has 0 aromatic carbocycles. The van der Waals surface area contributed by atoms with Crippen LogP contribution in [-0.4, -0.2) is 25.2 Å². The second-order valence-electron chi connectivity index (χ2n) is 3.33. The average Bonchev–Trinajstić information content (AvgIpc) is 2.05. The summed E-state index contributed by atoms with van der Waals surface area (Å²) in [6.07, 6.45) is 1.84. The number of ether oxygens (including phenoxy) is 1. The van der Waals surface area contributed by atoms with Crippen LogP contribution in [0.3, 0.4) is 0 Å². The molecule has 0 amide bonds. The van der Waals surface area contributed by atoms with Crippen LogP contribution in [0.5, 0.6) is 0 Å². The van der Waals surface area contributed by atoms with Crippen molar-refractivity contribution in [2.45, 2.75) is 32.7 Å². The van der Waals surface area contributed by atoms with Crippen molar-refractivity contribution in [1.82, 2.24) is 5.32 Å². The van der Waals surface area contributed by atoms with Crippen molar-refractivity contribution in [3.8, 4) is 0 Å². The summed E-state index contributed by atoms with van der Waals surface area (Å²) in [6.45, 7) is 5.38. The topological polar surface area (TPSA) is 38.3 Å². The minimum atomic E-state index is -0.0224. The molecular weight excluding hydrogens is 154 g/mol. The molecule has 1 rings (SSSR count). The van der Waals surface area contributed by atoms with Gasteiger partial charge in [0.2, 0.25) is 0 Å². The van der Waals surface area contributed by atoms with E-state index in [0.29, 0.717) is 12.6 Å². The van der Waals surface area contributed by atoms with Crippen LogP contribution in [0.2, 0.25) is 0 Å². The Labute approximate surface area is 73.5 Å². The molecule has 0 saturated carbocycles. The fourth-order valence-corrected chi connectivity index (χ4v) is 1.61. The van der Waals surface area contributed by atoms with Gasteiger partial charge in [-0.1, -0.05) is 0 Å². The molecule has 0 aromatic heterocycles. The first-order valence-electron chi connectivity index (χ1n) is 4.64. The highest BCUT2D eigenvalue weighted by Crippen LogP contribution is 2.17. The average molecular weight is 171 g/mol. The predicted molar refractivity (Wildman–Crippen MR) is 46.8 cm³/mol. The number of rotatable bonds is 2. The van der Waals surface area contributed by atoms with Crippen molar-refractivity contribution in [2.75, 3.05) is 13.2 Å². The maximum Gasteiger partial charge on any atom is 0.309 e. The Hall–Kier alpha value is -0.570.